The monoisotopic (exact) mass is 283 g/mol. The number of hydrogen-bond donors (Lipinski definition) is 1. The molecule has 20 heavy (non-hydrogen) atoms. The van der Waals surface area contributed by atoms with Gasteiger partial charge < -0.3 is 9.64 Å². The molecule has 0 radical (unpaired) electrons. The van der Waals surface area contributed by atoms with Crippen LogP contribution in [0.15, 0.2) is 6.20 Å². The van der Waals surface area contributed by atoms with E-state index in [9.17, 15) is 14.9 Å². The Balaban J connectivity index is 3.04. The van der Waals surface area contributed by atoms with Crippen molar-refractivity contribution in [2.24, 2.45) is 0 Å². The summed E-state index contributed by atoms with van der Waals surface area (Å²) in [7, 11) is 3.36. The van der Waals surface area contributed by atoms with E-state index in [1.54, 1.807) is 39.8 Å². The normalized spacial score (nSPS) is 10.8. The first kappa shape index (κ1) is 15.6. The number of ether oxygens (including phenoxy) is 1. The first-order valence-corrected chi connectivity index (χ1v) is 5.79. The predicted molar refractivity (Wildman–Crippen MR) is 72.9 cm³/mol. The van der Waals surface area contributed by atoms with Crippen molar-refractivity contribution in [1.82, 2.24) is 9.97 Å². The molecule has 0 fully saturated rings. The van der Waals surface area contributed by atoms with Crippen molar-refractivity contribution >= 4 is 23.5 Å². The molecule has 0 aromatic carbocycles. The second kappa shape index (κ2) is 5.68. The van der Waals surface area contributed by atoms with Crippen LogP contribution in [0.25, 0.3) is 0 Å². The molecular weight excluding hydrogens is 266 g/mol. The van der Waals surface area contributed by atoms with Gasteiger partial charge in [-0.2, -0.15) is 4.98 Å². The van der Waals surface area contributed by atoms with Gasteiger partial charge in [-0.1, -0.05) is 0 Å². The molecule has 0 unspecified atom stereocenters. The zero-order chi connectivity index (χ0) is 15.5. The summed E-state index contributed by atoms with van der Waals surface area (Å²) in [5.74, 6) is 0.0320. The number of nitrogens with zero attached hydrogens (tertiary/aromatic N) is 4. The first-order valence-electron chi connectivity index (χ1n) is 5.79. The third-order valence-corrected chi connectivity index (χ3v) is 1.97. The summed E-state index contributed by atoms with van der Waals surface area (Å²) in [5, 5.41) is 13.2. The van der Waals surface area contributed by atoms with Crippen LogP contribution in [0.1, 0.15) is 20.8 Å². The number of nitrogens with one attached hydrogen (secondary N) is 1. The van der Waals surface area contributed by atoms with E-state index in [2.05, 4.69) is 15.3 Å². The summed E-state index contributed by atoms with van der Waals surface area (Å²) in [5.41, 5.74) is -1.11. The Hall–Kier alpha value is -2.45. The average Bonchev–Trinajstić information content (AvgIpc) is 2.25. The molecule has 1 aromatic rings. The Morgan fingerprint density at radius 3 is 2.50 bits per heavy atom. The highest BCUT2D eigenvalue weighted by molar-refractivity contribution is 5.86. The molecule has 0 bridgehead atoms. The van der Waals surface area contributed by atoms with Crippen LogP contribution in [0.5, 0.6) is 0 Å². The zero-order valence-corrected chi connectivity index (χ0v) is 12.0. The number of rotatable bonds is 3. The van der Waals surface area contributed by atoms with Crippen LogP contribution in [-0.2, 0) is 4.74 Å². The number of amides is 1. The molecule has 1 N–H and O–H groups in total. The van der Waals surface area contributed by atoms with Crippen LogP contribution in [0.2, 0.25) is 0 Å². The summed E-state index contributed by atoms with van der Waals surface area (Å²) in [6.07, 6.45) is 0.221. The van der Waals surface area contributed by atoms with Gasteiger partial charge in [0.2, 0.25) is 11.8 Å². The molecule has 1 amide bonds. The van der Waals surface area contributed by atoms with Crippen molar-refractivity contribution < 1.29 is 14.5 Å². The summed E-state index contributed by atoms with van der Waals surface area (Å²) < 4.78 is 5.03. The van der Waals surface area contributed by atoms with E-state index < -0.39 is 22.3 Å². The van der Waals surface area contributed by atoms with Crippen LogP contribution in [-0.4, -0.2) is 40.7 Å². The van der Waals surface area contributed by atoms with Crippen LogP contribution in [0.3, 0.4) is 0 Å². The third-order valence-electron chi connectivity index (χ3n) is 1.97. The van der Waals surface area contributed by atoms with E-state index in [-0.39, 0.29) is 11.8 Å². The van der Waals surface area contributed by atoms with Crippen molar-refractivity contribution in [2.45, 2.75) is 26.4 Å². The molecule has 0 atom stereocenters. The summed E-state index contributed by atoms with van der Waals surface area (Å²) in [6, 6.07) is 0. The van der Waals surface area contributed by atoms with Crippen molar-refractivity contribution in [3.8, 4) is 0 Å². The maximum absolute atomic E-state index is 11.7. The fourth-order valence-corrected chi connectivity index (χ4v) is 1.21. The van der Waals surface area contributed by atoms with E-state index in [1.165, 1.54) is 0 Å². The van der Waals surface area contributed by atoms with Gasteiger partial charge in [-0.05, 0) is 20.8 Å². The second-order valence-electron chi connectivity index (χ2n) is 5.18. The maximum Gasteiger partial charge on any atom is 0.413 e. The molecule has 1 heterocycles. The molecule has 0 aliphatic rings. The zero-order valence-electron chi connectivity index (χ0n) is 12.0. The van der Waals surface area contributed by atoms with Gasteiger partial charge in [0.1, 0.15) is 11.8 Å². The molecule has 1 rings (SSSR count). The molecular formula is C11H17N5O4. The van der Waals surface area contributed by atoms with Crippen LogP contribution >= 0.6 is 0 Å². The Morgan fingerprint density at radius 1 is 1.45 bits per heavy atom. The minimum absolute atomic E-state index is 0.206. The van der Waals surface area contributed by atoms with Crippen LogP contribution in [0, 0.1) is 10.1 Å². The molecule has 9 heteroatoms. The molecule has 0 aliphatic carbocycles. The minimum Gasteiger partial charge on any atom is -0.444 e. The molecule has 0 aliphatic heterocycles. The minimum atomic E-state index is -0.816. The largest absolute Gasteiger partial charge is 0.444 e. The van der Waals surface area contributed by atoms with Gasteiger partial charge in [-0.3, -0.25) is 15.4 Å². The van der Waals surface area contributed by atoms with Gasteiger partial charge in [0.15, 0.2) is 0 Å². The van der Waals surface area contributed by atoms with E-state index in [4.69, 9.17) is 4.74 Å². The standard InChI is InChI=1S/C11H17N5O4/c1-11(2,3)20-10(17)14-8-7(16(18)19)6-12-9(13-8)15(4)5/h6H,1-5H3,(H,12,13,14,17). The van der Waals surface area contributed by atoms with E-state index in [1.807, 2.05) is 0 Å². The lowest BCUT2D eigenvalue weighted by Gasteiger charge is -2.19. The number of hydrogen-bond acceptors (Lipinski definition) is 7. The fourth-order valence-electron chi connectivity index (χ4n) is 1.21. The van der Waals surface area contributed by atoms with Crippen LogP contribution in [0.4, 0.5) is 22.2 Å². The predicted octanol–water partition coefficient (Wildman–Crippen LogP) is 1.80. The molecule has 0 saturated carbocycles. The highest BCUT2D eigenvalue weighted by atomic mass is 16.6. The molecule has 1 aromatic heterocycles. The van der Waals surface area contributed by atoms with Crippen molar-refractivity contribution in [2.75, 3.05) is 24.3 Å². The maximum atomic E-state index is 11.7. The van der Waals surface area contributed by atoms with Crippen molar-refractivity contribution in [3.05, 3.63) is 16.3 Å². The van der Waals surface area contributed by atoms with Gasteiger partial charge in [-0.25, -0.2) is 9.78 Å². The Kier molecular flexibility index (Phi) is 4.43. The summed E-state index contributed by atoms with van der Waals surface area (Å²) >= 11 is 0. The number of carbonyl (C=O) groups is 1. The van der Waals surface area contributed by atoms with Crippen LogP contribution < -0.4 is 10.2 Å². The molecule has 9 nitrogen and oxygen atoms in total. The topological polar surface area (TPSA) is 110 Å². The highest BCUT2D eigenvalue weighted by Gasteiger charge is 2.23. The number of carbonyl (C=O) groups excluding carboxylic acids is 1. The lowest BCUT2D eigenvalue weighted by atomic mass is 10.2. The Bertz CT molecular complexity index is 524. The fraction of sp³-hybridized carbons (Fsp3) is 0.545. The number of aromatic nitrogens is 2. The van der Waals surface area contributed by atoms with Gasteiger partial charge in [-0.15, -0.1) is 0 Å². The van der Waals surface area contributed by atoms with Gasteiger partial charge >= 0.3 is 11.8 Å². The third kappa shape index (κ3) is 4.34. The average molecular weight is 283 g/mol. The smallest absolute Gasteiger partial charge is 0.413 e. The van der Waals surface area contributed by atoms with E-state index in [0.717, 1.165) is 6.20 Å². The first-order chi connectivity index (χ1) is 9.10. The van der Waals surface area contributed by atoms with E-state index >= 15 is 0 Å². The van der Waals surface area contributed by atoms with Crippen molar-refractivity contribution in [1.29, 1.82) is 0 Å². The quantitative estimate of drug-likeness (QED) is 0.665. The van der Waals surface area contributed by atoms with Gasteiger partial charge in [0.05, 0.1) is 4.92 Å². The lowest BCUT2D eigenvalue weighted by Crippen LogP contribution is -2.28. The molecule has 110 valence electrons. The Morgan fingerprint density at radius 2 is 2.05 bits per heavy atom. The van der Waals surface area contributed by atoms with Crippen molar-refractivity contribution in [3.63, 3.8) is 0 Å². The number of anilines is 2. The second-order valence-corrected chi connectivity index (χ2v) is 5.18. The highest BCUT2D eigenvalue weighted by Crippen LogP contribution is 2.23. The Labute approximate surface area is 116 Å². The number of nitro groups is 1. The summed E-state index contributed by atoms with van der Waals surface area (Å²) in [4.78, 5) is 31.2. The van der Waals surface area contributed by atoms with E-state index in [0.29, 0.717) is 0 Å². The molecule has 0 saturated heterocycles. The lowest BCUT2D eigenvalue weighted by molar-refractivity contribution is -0.384. The molecule has 0 spiro atoms. The van der Waals surface area contributed by atoms with Gasteiger partial charge in [0.25, 0.3) is 0 Å². The SMILES string of the molecule is CN(C)c1ncc([N+](=O)[O-])c(NC(=O)OC(C)(C)C)n1. The summed E-state index contributed by atoms with van der Waals surface area (Å²) in [6.45, 7) is 5.06. The van der Waals surface area contributed by atoms with Gasteiger partial charge in [0, 0.05) is 14.1 Å².